The predicted molar refractivity (Wildman–Crippen MR) is 63.4 cm³/mol. The van der Waals surface area contributed by atoms with E-state index < -0.39 is 12.8 Å². The summed E-state index contributed by atoms with van der Waals surface area (Å²) in [6.07, 6.45) is -2.79. The first-order chi connectivity index (χ1) is 8.87. The van der Waals surface area contributed by atoms with Gasteiger partial charge < -0.3 is 10.1 Å². The summed E-state index contributed by atoms with van der Waals surface area (Å²) < 4.78 is 41.4. The Hall–Kier alpha value is -1.15. The number of nitrogens with one attached hydrogen (secondary N) is 1. The monoisotopic (exact) mass is 280 g/mol. The van der Waals surface area contributed by atoms with Gasteiger partial charge >= 0.3 is 6.18 Å². The lowest BCUT2D eigenvalue weighted by Gasteiger charge is -2.07. The van der Waals surface area contributed by atoms with Crippen LogP contribution in [0.15, 0.2) is 6.33 Å². The number of halogens is 3. The van der Waals surface area contributed by atoms with Crippen LogP contribution in [0, 0.1) is 5.92 Å². The summed E-state index contributed by atoms with van der Waals surface area (Å²) in [7, 11) is 0. The molecule has 0 saturated carbocycles. The van der Waals surface area contributed by atoms with Gasteiger partial charge in [-0.3, -0.25) is 4.68 Å². The van der Waals surface area contributed by atoms with Crippen LogP contribution in [-0.4, -0.2) is 40.7 Å². The molecule has 8 heteroatoms. The minimum Gasteiger partial charge on any atom is -0.370 e. The van der Waals surface area contributed by atoms with Gasteiger partial charge in [-0.2, -0.15) is 18.3 Å². The Kier molecular flexibility index (Phi) is 6.23. The molecule has 0 aliphatic heterocycles. The lowest BCUT2D eigenvalue weighted by molar-refractivity contribution is -0.174. The van der Waals surface area contributed by atoms with E-state index in [0.717, 1.165) is 6.54 Å². The van der Waals surface area contributed by atoms with E-state index in [2.05, 4.69) is 34.0 Å². The first-order valence-electron chi connectivity index (χ1n) is 6.10. The quantitative estimate of drug-likeness (QED) is 0.735. The fraction of sp³-hybridized carbons (Fsp3) is 0.818. The number of hydrogen-bond donors (Lipinski definition) is 1. The SMILES string of the molecule is CC(C)CNCc1ncn(CCOCC(F)(F)F)n1. The second kappa shape index (κ2) is 7.44. The Bertz CT molecular complexity index is 365. The van der Waals surface area contributed by atoms with Crippen LogP contribution in [0.4, 0.5) is 13.2 Å². The second-order valence-electron chi connectivity index (χ2n) is 4.62. The van der Waals surface area contributed by atoms with Crippen LogP contribution in [0.1, 0.15) is 19.7 Å². The Morgan fingerprint density at radius 3 is 2.79 bits per heavy atom. The summed E-state index contributed by atoms with van der Waals surface area (Å²) in [6, 6.07) is 0. The maximum Gasteiger partial charge on any atom is 0.411 e. The van der Waals surface area contributed by atoms with E-state index in [1.165, 1.54) is 11.0 Å². The van der Waals surface area contributed by atoms with Gasteiger partial charge in [-0.05, 0) is 12.5 Å². The topological polar surface area (TPSA) is 52.0 Å². The number of hydrogen-bond acceptors (Lipinski definition) is 4. The van der Waals surface area contributed by atoms with Crippen LogP contribution in [0.3, 0.4) is 0 Å². The fourth-order valence-electron chi connectivity index (χ4n) is 1.34. The molecule has 5 nitrogen and oxygen atoms in total. The number of nitrogens with zero attached hydrogens (tertiary/aromatic N) is 3. The van der Waals surface area contributed by atoms with Crippen molar-refractivity contribution >= 4 is 0 Å². The molecule has 0 spiro atoms. The summed E-state index contributed by atoms with van der Waals surface area (Å²) in [5.41, 5.74) is 0. The molecule has 0 aliphatic rings. The molecular formula is C11H19F3N4O. The molecule has 1 heterocycles. The summed E-state index contributed by atoms with van der Waals surface area (Å²) in [5.74, 6) is 1.16. The van der Waals surface area contributed by atoms with Gasteiger partial charge in [0.1, 0.15) is 12.9 Å². The van der Waals surface area contributed by atoms with E-state index in [-0.39, 0.29) is 13.2 Å². The third-order valence-electron chi connectivity index (χ3n) is 2.15. The molecule has 0 aliphatic carbocycles. The third-order valence-corrected chi connectivity index (χ3v) is 2.15. The molecular weight excluding hydrogens is 261 g/mol. The van der Waals surface area contributed by atoms with Crippen molar-refractivity contribution in [1.82, 2.24) is 20.1 Å². The summed E-state index contributed by atoms with van der Waals surface area (Å²) in [5, 5.41) is 7.31. The maximum absolute atomic E-state index is 11.8. The molecule has 0 atom stereocenters. The predicted octanol–water partition coefficient (Wildman–Crippen LogP) is 1.60. The molecule has 0 unspecified atom stereocenters. The molecule has 1 aromatic rings. The van der Waals surface area contributed by atoms with Crippen LogP contribution in [0.25, 0.3) is 0 Å². The Labute approximate surface area is 110 Å². The number of rotatable bonds is 8. The van der Waals surface area contributed by atoms with Gasteiger partial charge in [-0.25, -0.2) is 4.98 Å². The molecule has 0 amide bonds. The van der Waals surface area contributed by atoms with E-state index in [9.17, 15) is 13.2 Å². The number of ether oxygens (including phenoxy) is 1. The summed E-state index contributed by atoms with van der Waals surface area (Å²) in [4.78, 5) is 4.05. The molecule has 1 N–H and O–H groups in total. The molecule has 1 rings (SSSR count). The third kappa shape index (κ3) is 7.78. The average Bonchev–Trinajstić information content (AvgIpc) is 2.71. The van der Waals surface area contributed by atoms with Crippen LogP contribution in [-0.2, 0) is 17.8 Å². The van der Waals surface area contributed by atoms with E-state index in [1.807, 2.05) is 0 Å². The average molecular weight is 280 g/mol. The zero-order valence-corrected chi connectivity index (χ0v) is 11.1. The largest absolute Gasteiger partial charge is 0.411 e. The van der Waals surface area contributed by atoms with Gasteiger partial charge in [0.25, 0.3) is 0 Å². The van der Waals surface area contributed by atoms with Crippen molar-refractivity contribution in [2.24, 2.45) is 5.92 Å². The molecule has 0 aromatic carbocycles. The van der Waals surface area contributed by atoms with Crippen molar-refractivity contribution in [3.63, 3.8) is 0 Å². The molecule has 110 valence electrons. The highest BCUT2D eigenvalue weighted by Crippen LogP contribution is 2.14. The molecule has 0 fully saturated rings. The Balaban J connectivity index is 2.19. The fourth-order valence-corrected chi connectivity index (χ4v) is 1.34. The minimum atomic E-state index is -4.28. The van der Waals surface area contributed by atoms with Crippen LogP contribution >= 0.6 is 0 Å². The zero-order chi connectivity index (χ0) is 14.3. The van der Waals surface area contributed by atoms with E-state index >= 15 is 0 Å². The molecule has 0 saturated heterocycles. The zero-order valence-electron chi connectivity index (χ0n) is 11.1. The minimum absolute atomic E-state index is 0.0399. The van der Waals surface area contributed by atoms with Gasteiger partial charge in [0.2, 0.25) is 0 Å². The van der Waals surface area contributed by atoms with Gasteiger partial charge in [-0.1, -0.05) is 13.8 Å². The molecule has 1 aromatic heterocycles. The van der Waals surface area contributed by atoms with Crippen molar-refractivity contribution in [3.05, 3.63) is 12.2 Å². The van der Waals surface area contributed by atoms with Crippen LogP contribution in [0.5, 0.6) is 0 Å². The van der Waals surface area contributed by atoms with E-state index in [4.69, 9.17) is 0 Å². The highest BCUT2D eigenvalue weighted by Gasteiger charge is 2.27. The van der Waals surface area contributed by atoms with E-state index in [1.54, 1.807) is 0 Å². The highest BCUT2D eigenvalue weighted by atomic mass is 19.4. The number of aromatic nitrogens is 3. The smallest absolute Gasteiger partial charge is 0.370 e. The van der Waals surface area contributed by atoms with E-state index in [0.29, 0.717) is 18.3 Å². The highest BCUT2D eigenvalue weighted by molar-refractivity contribution is 4.80. The lowest BCUT2D eigenvalue weighted by Crippen LogP contribution is -2.20. The van der Waals surface area contributed by atoms with Crippen molar-refractivity contribution in [2.75, 3.05) is 19.8 Å². The van der Waals surface area contributed by atoms with Gasteiger partial charge in [-0.15, -0.1) is 0 Å². The summed E-state index contributed by atoms with van der Waals surface area (Å²) in [6.45, 7) is 4.59. The van der Waals surface area contributed by atoms with Crippen molar-refractivity contribution in [2.45, 2.75) is 33.1 Å². The van der Waals surface area contributed by atoms with Gasteiger partial charge in [0.15, 0.2) is 5.82 Å². The van der Waals surface area contributed by atoms with Crippen molar-refractivity contribution < 1.29 is 17.9 Å². The first-order valence-corrected chi connectivity index (χ1v) is 6.10. The molecule has 0 bridgehead atoms. The summed E-state index contributed by atoms with van der Waals surface area (Å²) >= 11 is 0. The Morgan fingerprint density at radius 2 is 2.16 bits per heavy atom. The molecule has 19 heavy (non-hydrogen) atoms. The van der Waals surface area contributed by atoms with Crippen molar-refractivity contribution in [3.8, 4) is 0 Å². The second-order valence-corrected chi connectivity index (χ2v) is 4.62. The lowest BCUT2D eigenvalue weighted by atomic mass is 10.2. The van der Waals surface area contributed by atoms with Crippen LogP contribution < -0.4 is 5.32 Å². The maximum atomic E-state index is 11.8. The van der Waals surface area contributed by atoms with Gasteiger partial charge in [0.05, 0.1) is 19.7 Å². The van der Waals surface area contributed by atoms with Crippen LogP contribution in [0.2, 0.25) is 0 Å². The Morgan fingerprint density at radius 1 is 1.42 bits per heavy atom. The standard InChI is InChI=1S/C11H19F3N4O/c1-9(2)5-15-6-10-16-8-18(17-10)3-4-19-7-11(12,13)14/h8-9,15H,3-7H2,1-2H3. The first kappa shape index (κ1) is 15.9. The van der Waals surface area contributed by atoms with Crippen molar-refractivity contribution in [1.29, 1.82) is 0 Å². The normalized spacial score (nSPS) is 12.3. The number of alkyl halides is 3. The van der Waals surface area contributed by atoms with Gasteiger partial charge in [0, 0.05) is 0 Å². The molecule has 0 radical (unpaired) electrons.